The van der Waals surface area contributed by atoms with Gasteiger partial charge in [0.25, 0.3) is 0 Å². The Labute approximate surface area is 115 Å². The lowest BCUT2D eigenvalue weighted by Crippen LogP contribution is -2.21. The number of nitrogens with one attached hydrogen (secondary N) is 2. The topological polar surface area (TPSA) is 75.9 Å². The van der Waals surface area contributed by atoms with Gasteiger partial charge < -0.3 is 16.4 Å². The third-order valence-electron chi connectivity index (χ3n) is 4.12. The van der Waals surface area contributed by atoms with Crippen LogP contribution in [0.15, 0.2) is 6.07 Å². The summed E-state index contributed by atoms with van der Waals surface area (Å²) in [4.78, 5) is 8.30. The molecule has 1 aromatic rings. The van der Waals surface area contributed by atoms with E-state index in [1.807, 2.05) is 13.1 Å². The van der Waals surface area contributed by atoms with Gasteiger partial charge in [-0.25, -0.2) is 0 Å². The first-order chi connectivity index (χ1) is 9.21. The zero-order valence-corrected chi connectivity index (χ0v) is 11.9. The Morgan fingerprint density at radius 3 is 2.42 bits per heavy atom. The van der Waals surface area contributed by atoms with Crippen molar-refractivity contribution < 1.29 is 0 Å². The molecule has 0 aromatic carbocycles. The lowest BCUT2D eigenvalue weighted by molar-refractivity contribution is 0.278. The molecule has 4 N–H and O–H groups in total. The van der Waals surface area contributed by atoms with Crippen LogP contribution in [0.3, 0.4) is 0 Å². The van der Waals surface area contributed by atoms with Crippen LogP contribution in [-0.2, 0) is 0 Å². The molecule has 106 valence electrons. The number of rotatable bonds is 5. The van der Waals surface area contributed by atoms with E-state index >= 15 is 0 Å². The number of nitrogens with zero attached hydrogens (tertiary/aromatic N) is 2. The Morgan fingerprint density at radius 1 is 1.16 bits per heavy atom. The van der Waals surface area contributed by atoms with E-state index in [1.165, 1.54) is 32.1 Å². The molecule has 0 atom stereocenters. The van der Waals surface area contributed by atoms with Crippen molar-refractivity contribution in [3.05, 3.63) is 6.07 Å². The van der Waals surface area contributed by atoms with E-state index in [4.69, 9.17) is 5.73 Å². The Morgan fingerprint density at radius 2 is 1.79 bits per heavy atom. The average molecular weight is 263 g/mol. The molecule has 0 unspecified atom stereocenters. The fourth-order valence-electron chi connectivity index (χ4n) is 2.78. The minimum atomic E-state index is 0.309. The molecule has 19 heavy (non-hydrogen) atoms. The quantitative estimate of drug-likeness (QED) is 0.761. The number of aromatic nitrogens is 2. The molecule has 0 amide bonds. The molecule has 1 aliphatic rings. The highest BCUT2D eigenvalue weighted by molar-refractivity contribution is 5.50. The Hall–Kier alpha value is -1.52. The van der Waals surface area contributed by atoms with Crippen LogP contribution in [-0.4, -0.2) is 23.6 Å². The van der Waals surface area contributed by atoms with E-state index in [0.29, 0.717) is 5.95 Å². The van der Waals surface area contributed by atoms with E-state index in [-0.39, 0.29) is 0 Å². The van der Waals surface area contributed by atoms with Gasteiger partial charge in [-0.05, 0) is 24.7 Å². The van der Waals surface area contributed by atoms with E-state index in [9.17, 15) is 0 Å². The van der Waals surface area contributed by atoms with Gasteiger partial charge in [0.1, 0.15) is 11.6 Å². The summed E-state index contributed by atoms with van der Waals surface area (Å²) in [5.41, 5.74) is 5.68. The maximum Gasteiger partial charge on any atom is 0.223 e. The van der Waals surface area contributed by atoms with Crippen molar-refractivity contribution >= 4 is 17.6 Å². The summed E-state index contributed by atoms with van der Waals surface area (Å²) >= 11 is 0. The van der Waals surface area contributed by atoms with Gasteiger partial charge in [0.05, 0.1) is 0 Å². The molecule has 1 aromatic heterocycles. The van der Waals surface area contributed by atoms with E-state index in [1.54, 1.807) is 0 Å². The van der Waals surface area contributed by atoms with Gasteiger partial charge in [-0.15, -0.1) is 0 Å². The highest BCUT2D eigenvalue weighted by atomic mass is 15.1. The molecule has 0 spiro atoms. The monoisotopic (exact) mass is 263 g/mol. The summed E-state index contributed by atoms with van der Waals surface area (Å²) in [7, 11) is 1.83. The molecule has 0 bridgehead atoms. The van der Waals surface area contributed by atoms with Gasteiger partial charge in [0.2, 0.25) is 5.95 Å². The Kier molecular flexibility index (Phi) is 4.82. The van der Waals surface area contributed by atoms with Crippen molar-refractivity contribution in [3.8, 4) is 0 Å². The smallest absolute Gasteiger partial charge is 0.223 e. The van der Waals surface area contributed by atoms with Crippen LogP contribution in [0.2, 0.25) is 0 Å². The van der Waals surface area contributed by atoms with E-state index in [2.05, 4.69) is 27.5 Å². The lowest BCUT2D eigenvalue weighted by Gasteiger charge is -2.28. The molecule has 1 fully saturated rings. The normalized spacial score (nSPS) is 23.1. The molecule has 1 heterocycles. The first-order valence-electron chi connectivity index (χ1n) is 7.27. The predicted octanol–water partition coefficient (Wildman–Crippen LogP) is 2.73. The summed E-state index contributed by atoms with van der Waals surface area (Å²) in [6.45, 7) is 3.28. The molecule has 1 saturated carbocycles. The number of hydrogen-bond acceptors (Lipinski definition) is 5. The molecule has 0 radical (unpaired) electrons. The zero-order valence-electron chi connectivity index (χ0n) is 11.9. The van der Waals surface area contributed by atoms with Gasteiger partial charge in [-0.1, -0.05) is 26.2 Å². The minimum absolute atomic E-state index is 0.309. The van der Waals surface area contributed by atoms with E-state index in [0.717, 1.165) is 30.0 Å². The van der Waals surface area contributed by atoms with Gasteiger partial charge in [-0.2, -0.15) is 9.97 Å². The second kappa shape index (κ2) is 6.59. The van der Waals surface area contributed by atoms with Crippen LogP contribution in [0.4, 0.5) is 17.6 Å². The fraction of sp³-hybridized carbons (Fsp3) is 0.714. The Balaban J connectivity index is 1.84. The minimum Gasteiger partial charge on any atom is -0.373 e. The average Bonchev–Trinajstić information content (AvgIpc) is 2.45. The van der Waals surface area contributed by atoms with Crippen LogP contribution in [0.5, 0.6) is 0 Å². The van der Waals surface area contributed by atoms with Crippen molar-refractivity contribution in [3.63, 3.8) is 0 Å². The lowest BCUT2D eigenvalue weighted by atomic mass is 9.81. The van der Waals surface area contributed by atoms with Crippen molar-refractivity contribution in [2.45, 2.75) is 39.0 Å². The van der Waals surface area contributed by atoms with E-state index < -0.39 is 0 Å². The van der Waals surface area contributed by atoms with Gasteiger partial charge in [0.15, 0.2) is 0 Å². The maximum atomic E-state index is 5.68. The predicted molar refractivity (Wildman–Crippen MR) is 80.2 cm³/mol. The maximum absolute atomic E-state index is 5.68. The third kappa shape index (κ3) is 3.98. The molecule has 2 rings (SSSR count). The summed E-state index contributed by atoms with van der Waals surface area (Å²) in [6, 6.07) is 1.90. The molecule has 0 aliphatic heterocycles. The second-order valence-electron chi connectivity index (χ2n) is 5.42. The Bertz CT molecular complexity index is 399. The van der Waals surface area contributed by atoms with Crippen LogP contribution < -0.4 is 16.4 Å². The molecular weight excluding hydrogens is 238 g/mol. The van der Waals surface area contributed by atoms with Gasteiger partial charge in [-0.3, -0.25) is 0 Å². The first kappa shape index (κ1) is 13.9. The fourth-order valence-corrected chi connectivity index (χ4v) is 2.78. The number of nitrogens with two attached hydrogens (primary N) is 1. The molecule has 5 heteroatoms. The highest BCUT2D eigenvalue weighted by Gasteiger charge is 2.19. The summed E-state index contributed by atoms with van der Waals surface area (Å²) in [5.74, 6) is 3.59. The molecule has 0 saturated heterocycles. The van der Waals surface area contributed by atoms with Crippen LogP contribution in [0.25, 0.3) is 0 Å². The second-order valence-corrected chi connectivity index (χ2v) is 5.42. The summed E-state index contributed by atoms with van der Waals surface area (Å²) < 4.78 is 0. The first-order valence-corrected chi connectivity index (χ1v) is 7.27. The largest absolute Gasteiger partial charge is 0.373 e. The number of nitrogen functional groups attached to an aromatic ring is 1. The zero-order chi connectivity index (χ0) is 13.7. The van der Waals surface area contributed by atoms with Crippen molar-refractivity contribution in [1.82, 2.24) is 9.97 Å². The van der Waals surface area contributed by atoms with Gasteiger partial charge >= 0.3 is 0 Å². The number of hydrogen-bond donors (Lipinski definition) is 3. The van der Waals surface area contributed by atoms with Gasteiger partial charge in [0, 0.05) is 19.7 Å². The number of anilines is 3. The summed E-state index contributed by atoms with van der Waals surface area (Å²) in [6.07, 6.45) is 6.72. The molecule has 5 nitrogen and oxygen atoms in total. The highest BCUT2D eigenvalue weighted by Crippen LogP contribution is 2.30. The SMILES string of the molecule is CCC1CCC(CNc2cc(NC)nc(N)n2)CC1. The molecular formula is C14H25N5. The standard InChI is InChI=1S/C14H25N5/c1-3-10-4-6-11(7-5-10)9-17-13-8-12(16-2)18-14(15)19-13/h8,10-11H,3-7,9H2,1-2H3,(H4,15,16,17,18,19). The van der Waals surface area contributed by atoms with Crippen LogP contribution >= 0.6 is 0 Å². The summed E-state index contributed by atoms with van der Waals surface area (Å²) in [5, 5.41) is 6.38. The third-order valence-corrected chi connectivity index (χ3v) is 4.12. The van der Waals surface area contributed by atoms with Crippen molar-refractivity contribution in [2.75, 3.05) is 30.0 Å². The molecule has 1 aliphatic carbocycles. The van der Waals surface area contributed by atoms with Crippen molar-refractivity contribution in [1.29, 1.82) is 0 Å². The van der Waals surface area contributed by atoms with Crippen LogP contribution in [0, 0.1) is 11.8 Å². The van der Waals surface area contributed by atoms with Crippen molar-refractivity contribution in [2.24, 2.45) is 11.8 Å². The van der Waals surface area contributed by atoms with Crippen LogP contribution in [0.1, 0.15) is 39.0 Å².